The van der Waals surface area contributed by atoms with Gasteiger partial charge in [0.15, 0.2) is 6.61 Å². The van der Waals surface area contributed by atoms with E-state index < -0.39 is 18.5 Å². The van der Waals surface area contributed by atoms with Crippen molar-refractivity contribution in [1.82, 2.24) is 0 Å². The molecule has 0 fully saturated rings. The van der Waals surface area contributed by atoms with Gasteiger partial charge in [0.2, 0.25) is 0 Å². The summed E-state index contributed by atoms with van der Waals surface area (Å²) in [5.41, 5.74) is 1.17. The van der Waals surface area contributed by atoms with Crippen molar-refractivity contribution in [2.75, 3.05) is 26.1 Å². The summed E-state index contributed by atoms with van der Waals surface area (Å²) in [4.78, 5) is 23.8. The van der Waals surface area contributed by atoms with E-state index in [2.05, 4.69) is 5.32 Å². The van der Waals surface area contributed by atoms with Crippen LogP contribution in [0.25, 0.3) is 0 Å². The van der Waals surface area contributed by atoms with Crippen LogP contribution >= 0.6 is 11.6 Å². The molecule has 0 unspecified atom stereocenters. The van der Waals surface area contributed by atoms with Gasteiger partial charge in [-0.3, -0.25) is 9.59 Å². The second kappa shape index (κ2) is 8.94. The van der Waals surface area contributed by atoms with Gasteiger partial charge >= 0.3 is 5.97 Å². The van der Waals surface area contributed by atoms with E-state index >= 15 is 0 Å². The van der Waals surface area contributed by atoms with E-state index in [1.165, 1.54) is 7.11 Å². The summed E-state index contributed by atoms with van der Waals surface area (Å²) in [7, 11) is 3.05. The monoisotopic (exact) mass is 363 g/mol. The van der Waals surface area contributed by atoms with Crippen molar-refractivity contribution in [3.05, 3.63) is 53.1 Å². The van der Waals surface area contributed by atoms with Crippen LogP contribution in [-0.2, 0) is 20.7 Å². The highest BCUT2D eigenvalue weighted by atomic mass is 35.5. The highest BCUT2D eigenvalue weighted by Crippen LogP contribution is 2.27. The molecule has 132 valence electrons. The summed E-state index contributed by atoms with van der Waals surface area (Å²) < 4.78 is 15.2. The lowest BCUT2D eigenvalue weighted by atomic mass is 10.1. The molecule has 0 aromatic heterocycles. The number of anilines is 1. The molecule has 1 amide bonds. The second-order valence-electron chi connectivity index (χ2n) is 5.08. The predicted molar refractivity (Wildman–Crippen MR) is 94.3 cm³/mol. The van der Waals surface area contributed by atoms with Gasteiger partial charge in [0.1, 0.15) is 11.5 Å². The van der Waals surface area contributed by atoms with Crippen LogP contribution in [0.1, 0.15) is 5.56 Å². The van der Waals surface area contributed by atoms with Crippen LogP contribution in [0.4, 0.5) is 5.69 Å². The standard InChI is InChI=1S/C18H18ClNO5/c1-23-14-6-3-12(4-7-14)9-18(22)25-11-17(21)20-15-10-13(19)5-8-16(15)24-2/h3-8,10H,9,11H2,1-2H3,(H,20,21). The average Bonchev–Trinajstić information content (AvgIpc) is 2.61. The Morgan fingerprint density at radius 2 is 1.76 bits per heavy atom. The summed E-state index contributed by atoms with van der Waals surface area (Å²) in [5, 5.41) is 3.05. The van der Waals surface area contributed by atoms with Crippen molar-refractivity contribution in [2.45, 2.75) is 6.42 Å². The van der Waals surface area contributed by atoms with Crippen LogP contribution in [0.15, 0.2) is 42.5 Å². The Hall–Kier alpha value is -2.73. The van der Waals surface area contributed by atoms with Crippen molar-refractivity contribution in [3.63, 3.8) is 0 Å². The molecule has 0 atom stereocenters. The van der Waals surface area contributed by atoms with E-state index in [1.54, 1.807) is 49.6 Å². The first kappa shape index (κ1) is 18.6. The lowest BCUT2D eigenvalue weighted by molar-refractivity contribution is -0.146. The zero-order chi connectivity index (χ0) is 18.2. The number of hydrogen-bond acceptors (Lipinski definition) is 5. The maximum absolute atomic E-state index is 11.9. The fraction of sp³-hybridized carbons (Fsp3) is 0.222. The number of ether oxygens (including phenoxy) is 3. The molecule has 2 aromatic rings. The van der Waals surface area contributed by atoms with Crippen molar-refractivity contribution in [1.29, 1.82) is 0 Å². The molecule has 7 heteroatoms. The molecule has 0 aliphatic rings. The zero-order valence-corrected chi connectivity index (χ0v) is 14.6. The lowest BCUT2D eigenvalue weighted by Gasteiger charge is -2.11. The number of amides is 1. The van der Waals surface area contributed by atoms with Gasteiger partial charge in [-0.15, -0.1) is 0 Å². The Kier molecular flexibility index (Phi) is 6.65. The van der Waals surface area contributed by atoms with Crippen molar-refractivity contribution in [2.24, 2.45) is 0 Å². The van der Waals surface area contributed by atoms with Gasteiger partial charge in [-0.2, -0.15) is 0 Å². The highest BCUT2D eigenvalue weighted by molar-refractivity contribution is 6.31. The van der Waals surface area contributed by atoms with Gasteiger partial charge in [-0.1, -0.05) is 23.7 Å². The average molecular weight is 364 g/mol. The van der Waals surface area contributed by atoms with Crippen molar-refractivity contribution < 1.29 is 23.8 Å². The van der Waals surface area contributed by atoms with Gasteiger partial charge < -0.3 is 19.5 Å². The Morgan fingerprint density at radius 1 is 1.04 bits per heavy atom. The van der Waals surface area contributed by atoms with Crippen molar-refractivity contribution >= 4 is 29.2 Å². The molecule has 1 N–H and O–H groups in total. The van der Waals surface area contributed by atoms with E-state index in [1.807, 2.05) is 0 Å². The second-order valence-corrected chi connectivity index (χ2v) is 5.51. The normalized spacial score (nSPS) is 10.0. The number of rotatable bonds is 7. The molecule has 0 aliphatic carbocycles. The van der Waals surface area contributed by atoms with E-state index in [0.717, 1.165) is 5.56 Å². The molecule has 2 rings (SSSR count). The zero-order valence-electron chi connectivity index (χ0n) is 13.9. The van der Waals surface area contributed by atoms with Crippen LogP contribution < -0.4 is 14.8 Å². The highest BCUT2D eigenvalue weighted by Gasteiger charge is 2.11. The van der Waals surface area contributed by atoms with Gasteiger partial charge in [0.05, 0.1) is 26.3 Å². The van der Waals surface area contributed by atoms with Gasteiger partial charge in [0, 0.05) is 5.02 Å². The summed E-state index contributed by atoms with van der Waals surface area (Å²) >= 11 is 5.90. The van der Waals surface area contributed by atoms with E-state index in [0.29, 0.717) is 22.2 Å². The smallest absolute Gasteiger partial charge is 0.310 e. The van der Waals surface area contributed by atoms with Crippen LogP contribution in [0.5, 0.6) is 11.5 Å². The molecule has 6 nitrogen and oxygen atoms in total. The number of esters is 1. The third kappa shape index (κ3) is 5.69. The third-order valence-electron chi connectivity index (χ3n) is 3.31. The molecule has 0 saturated heterocycles. The van der Waals surface area contributed by atoms with Crippen LogP contribution in [0.2, 0.25) is 5.02 Å². The number of hydrogen-bond donors (Lipinski definition) is 1. The first-order chi connectivity index (χ1) is 12.0. The topological polar surface area (TPSA) is 73.9 Å². The van der Waals surface area contributed by atoms with Crippen molar-refractivity contribution in [3.8, 4) is 11.5 Å². The molecule has 0 spiro atoms. The van der Waals surface area contributed by atoms with Crippen LogP contribution in [-0.4, -0.2) is 32.7 Å². The Balaban J connectivity index is 1.84. The first-order valence-corrected chi connectivity index (χ1v) is 7.81. The summed E-state index contributed by atoms with van der Waals surface area (Å²) in [6.45, 7) is -0.398. The fourth-order valence-corrected chi connectivity index (χ4v) is 2.24. The summed E-state index contributed by atoms with van der Waals surface area (Å²) in [6.07, 6.45) is 0.0672. The molecule has 0 radical (unpaired) electrons. The predicted octanol–water partition coefficient (Wildman–Crippen LogP) is 3.08. The molecule has 0 saturated carbocycles. The third-order valence-corrected chi connectivity index (χ3v) is 3.54. The van der Waals surface area contributed by atoms with E-state index in [4.69, 9.17) is 25.8 Å². The molecular weight excluding hydrogens is 346 g/mol. The summed E-state index contributed by atoms with van der Waals surface area (Å²) in [5.74, 6) is 0.177. The number of methoxy groups -OCH3 is 2. The molecule has 0 aliphatic heterocycles. The number of halogens is 1. The number of carbonyl (C=O) groups is 2. The minimum Gasteiger partial charge on any atom is -0.497 e. The SMILES string of the molecule is COc1ccc(CC(=O)OCC(=O)Nc2cc(Cl)ccc2OC)cc1. The maximum Gasteiger partial charge on any atom is 0.310 e. The minimum atomic E-state index is -0.502. The molecule has 25 heavy (non-hydrogen) atoms. The number of nitrogens with one attached hydrogen (secondary N) is 1. The Morgan fingerprint density at radius 3 is 2.40 bits per heavy atom. The largest absolute Gasteiger partial charge is 0.497 e. The molecular formula is C18H18ClNO5. The van der Waals surface area contributed by atoms with Gasteiger partial charge in [-0.25, -0.2) is 0 Å². The number of carbonyl (C=O) groups excluding carboxylic acids is 2. The van der Waals surface area contributed by atoms with Gasteiger partial charge in [0.25, 0.3) is 5.91 Å². The fourth-order valence-electron chi connectivity index (χ4n) is 2.07. The lowest BCUT2D eigenvalue weighted by Crippen LogP contribution is -2.22. The maximum atomic E-state index is 11.9. The van der Waals surface area contributed by atoms with E-state index in [9.17, 15) is 9.59 Å². The molecule has 2 aromatic carbocycles. The van der Waals surface area contributed by atoms with E-state index in [-0.39, 0.29) is 6.42 Å². The molecule has 0 bridgehead atoms. The van der Waals surface area contributed by atoms with Crippen LogP contribution in [0.3, 0.4) is 0 Å². The van der Waals surface area contributed by atoms with Gasteiger partial charge in [-0.05, 0) is 35.9 Å². The summed E-state index contributed by atoms with van der Waals surface area (Å²) in [6, 6.07) is 11.9. The Bertz CT molecular complexity index is 746. The Labute approximate surface area is 150 Å². The molecule has 0 heterocycles. The first-order valence-electron chi connectivity index (χ1n) is 7.43. The number of benzene rings is 2. The quantitative estimate of drug-likeness (QED) is 0.765. The van der Waals surface area contributed by atoms with Crippen LogP contribution in [0, 0.1) is 0 Å². The minimum absolute atomic E-state index is 0.0672.